The number of ether oxygens (including phenoxy) is 1. The summed E-state index contributed by atoms with van der Waals surface area (Å²) < 4.78 is 5.99. The van der Waals surface area contributed by atoms with Crippen molar-refractivity contribution in [2.75, 3.05) is 46.4 Å². The van der Waals surface area contributed by atoms with Crippen molar-refractivity contribution < 1.29 is 9.53 Å². The summed E-state index contributed by atoms with van der Waals surface area (Å²) in [6.07, 6.45) is 3.76. The molecule has 1 amide bonds. The molecular formula is C18H34IN5O2. The lowest BCUT2D eigenvalue weighted by molar-refractivity contribution is -0.133. The van der Waals surface area contributed by atoms with Crippen LogP contribution in [-0.4, -0.2) is 86.2 Å². The second-order valence-corrected chi connectivity index (χ2v) is 7.77. The van der Waals surface area contributed by atoms with E-state index < -0.39 is 0 Å². The van der Waals surface area contributed by atoms with Gasteiger partial charge in [0.25, 0.3) is 0 Å². The van der Waals surface area contributed by atoms with Crippen molar-refractivity contribution >= 4 is 35.8 Å². The van der Waals surface area contributed by atoms with Gasteiger partial charge in [0, 0.05) is 51.2 Å². The molecule has 26 heavy (non-hydrogen) atoms. The van der Waals surface area contributed by atoms with Crippen LogP contribution in [0.1, 0.15) is 33.1 Å². The van der Waals surface area contributed by atoms with E-state index in [-0.39, 0.29) is 47.9 Å². The minimum absolute atomic E-state index is 0. The fourth-order valence-corrected chi connectivity index (χ4v) is 4.05. The molecule has 3 aliphatic rings. The van der Waals surface area contributed by atoms with Gasteiger partial charge < -0.3 is 20.3 Å². The van der Waals surface area contributed by atoms with E-state index in [1.807, 2.05) is 18.7 Å². The summed E-state index contributed by atoms with van der Waals surface area (Å²) in [6, 6.07) is 0.904. The predicted octanol–water partition coefficient (Wildman–Crippen LogP) is 0.890. The van der Waals surface area contributed by atoms with E-state index in [0.717, 1.165) is 45.2 Å². The van der Waals surface area contributed by atoms with Crippen molar-refractivity contribution in [1.82, 2.24) is 20.4 Å². The Morgan fingerprint density at radius 1 is 1.27 bits per heavy atom. The van der Waals surface area contributed by atoms with Gasteiger partial charge in [0.1, 0.15) is 0 Å². The third-order valence-electron chi connectivity index (χ3n) is 5.52. The third-order valence-corrected chi connectivity index (χ3v) is 5.52. The molecule has 0 aliphatic carbocycles. The Hall–Kier alpha value is -0.610. The van der Waals surface area contributed by atoms with Crippen LogP contribution < -0.4 is 10.6 Å². The zero-order valence-electron chi connectivity index (χ0n) is 16.2. The van der Waals surface area contributed by atoms with E-state index in [1.54, 1.807) is 7.05 Å². The van der Waals surface area contributed by atoms with Crippen LogP contribution in [0.2, 0.25) is 0 Å². The summed E-state index contributed by atoms with van der Waals surface area (Å²) in [7, 11) is 1.79. The van der Waals surface area contributed by atoms with Gasteiger partial charge in [-0.2, -0.15) is 0 Å². The molecule has 8 heteroatoms. The maximum Gasteiger partial charge on any atom is 0.225 e. The zero-order valence-corrected chi connectivity index (χ0v) is 18.6. The van der Waals surface area contributed by atoms with E-state index in [4.69, 9.17) is 4.74 Å². The minimum atomic E-state index is 0. The van der Waals surface area contributed by atoms with Crippen LogP contribution in [0.5, 0.6) is 0 Å². The van der Waals surface area contributed by atoms with Crippen molar-refractivity contribution in [2.45, 2.75) is 51.3 Å². The summed E-state index contributed by atoms with van der Waals surface area (Å²) in [6.45, 7) is 9.34. The van der Waals surface area contributed by atoms with Crippen LogP contribution in [0, 0.1) is 5.92 Å². The average Bonchev–Trinajstić information content (AvgIpc) is 3.26. The Morgan fingerprint density at radius 3 is 2.81 bits per heavy atom. The van der Waals surface area contributed by atoms with E-state index in [1.165, 1.54) is 19.4 Å². The molecule has 0 aromatic rings. The number of amides is 1. The van der Waals surface area contributed by atoms with E-state index in [9.17, 15) is 4.79 Å². The first-order valence-electron chi connectivity index (χ1n) is 9.68. The maximum absolute atomic E-state index is 12.1. The molecule has 0 radical (unpaired) electrons. The molecule has 3 heterocycles. The molecule has 7 nitrogen and oxygen atoms in total. The highest BCUT2D eigenvalue weighted by Gasteiger charge is 2.32. The summed E-state index contributed by atoms with van der Waals surface area (Å²) >= 11 is 0. The topological polar surface area (TPSA) is 69.2 Å². The molecule has 3 rings (SSSR count). The second-order valence-electron chi connectivity index (χ2n) is 7.77. The lowest BCUT2D eigenvalue weighted by atomic mass is 10.2. The normalized spacial score (nSPS) is 29.5. The molecule has 0 aromatic carbocycles. The van der Waals surface area contributed by atoms with Gasteiger partial charge in [0.2, 0.25) is 5.91 Å². The van der Waals surface area contributed by atoms with Crippen molar-refractivity contribution in [1.29, 1.82) is 0 Å². The predicted molar refractivity (Wildman–Crippen MR) is 114 cm³/mol. The van der Waals surface area contributed by atoms with Crippen molar-refractivity contribution in [3.05, 3.63) is 0 Å². The Labute approximate surface area is 174 Å². The molecule has 3 saturated heterocycles. The molecule has 2 N–H and O–H groups in total. The van der Waals surface area contributed by atoms with Gasteiger partial charge in [-0.3, -0.25) is 14.7 Å². The molecule has 150 valence electrons. The largest absolute Gasteiger partial charge is 0.373 e. The van der Waals surface area contributed by atoms with Crippen LogP contribution in [0.3, 0.4) is 0 Å². The smallest absolute Gasteiger partial charge is 0.225 e. The van der Waals surface area contributed by atoms with Crippen molar-refractivity contribution in [2.24, 2.45) is 10.9 Å². The molecule has 3 fully saturated rings. The minimum Gasteiger partial charge on any atom is -0.373 e. The lowest BCUT2D eigenvalue weighted by Crippen LogP contribution is -2.52. The second kappa shape index (κ2) is 10.1. The first-order valence-corrected chi connectivity index (χ1v) is 9.68. The number of rotatable bonds is 4. The number of nitrogens with zero attached hydrogens (tertiary/aromatic N) is 3. The highest BCUT2D eigenvalue weighted by Crippen LogP contribution is 2.22. The number of hydrogen-bond donors (Lipinski definition) is 2. The van der Waals surface area contributed by atoms with Gasteiger partial charge in [-0.05, 0) is 25.8 Å². The summed E-state index contributed by atoms with van der Waals surface area (Å²) in [5.41, 5.74) is 0. The molecule has 3 aliphatic heterocycles. The molecule has 3 atom stereocenters. The van der Waals surface area contributed by atoms with Crippen LogP contribution in [0.4, 0.5) is 0 Å². The lowest BCUT2D eigenvalue weighted by Gasteiger charge is -2.35. The maximum atomic E-state index is 12.1. The van der Waals surface area contributed by atoms with Gasteiger partial charge in [0.05, 0.1) is 12.7 Å². The highest BCUT2D eigenvalue weighted by molar-refractivity contribution is 14.0. The first-order chi connectivity index (χ1) is 12.1. The van der Waals surface area contributed by atoms with Crippen LogP contribution in [0.15, 0.2) is 4.99 Å². The van der Waals surface area contributed by atoms with E-state index >= 15 is 0 Å². The van der Waals surface area contributed by atoms with Gasteiger partial charge in [0.15, 0.2) is 5.96 Å². The van der Waals surface area contributed by atoms with Gasteiger partial charge in [-0.1, -0.05) is 13.8 Å². The highest BCUT2D eigenvalue weighted by atomic mass is 127. The summed E-state index contributed by atoms with van der Waals surface area (Å²) in [5.74, 6) is 1.10. The summed E-state index contributed by atoms with van der Waals surface area (Å²) in [4.78, 5) is 20.9. The molecule has 0 spiro atoms. The fraction of sp³-hybridized carbons (Fsp3) is 0.889. The Bertz CT molecular complexity index is 502. The fourth-order valence-electron chi connectivity index (χ4n) is 4.05. The first kappa shape index (κ1) is 21.7. The standard InChI is InChI=1S/C18H33N5O2.HI/c1-13(2)17(24)23-8-6-14(10-23)21-18(19-3)20-9-16-11-22-7-4-5-15(22)12-25-16;/h13-16H,4-12H2,1-3H3,(H2,19,20,21);1H. The number of guanidine groups is 1. The number of nitrogens with one attached hydrogen (secondary N) is 2. The van der Waals surface area contributed by atoms with Crippen LogP contribution in [-0.2, 0) is 9.53 Å². The molecule has 3 unspecified atom stereocenters. The van der Waals surface area contributed by atoms with Gasteiger partial charge >= 0.3 is 0 Å². The SMILES string of the molecule is CN=C(NCC1CN2CCCC2CO1)NC1CCN(C(=O)C(C)C)C1.I. The molecule has 0 aromatic heterocycles. The van der Waals surface area contributed by atoms with Gasteiger partial charge in [-0.15, -0.1) is 24.0 Å². The van der Waals surface area contributed by atoms with E-state index in [0.29, 0.717) is 6.04 Å². The van der Waals surface area contributed by atoms with Crippen molar-refractivity contribution in [3.8, 4) is 0 Å². The van der Waals surface area contributed by atoms with Crippen LogP contribution >= 0.6 is 24.0 Å². The molecule has 0 bridgehead atoms. The summed E-state index contributed by atoms with van der Waals surface area (Å²) in [5, 5.41) is 6.85. The van der Waals surface area contributed by atoms with E-state index in [2.05, 4.69) is 20.5 Å². The number of fused-ring (bicyclic) bond motifs is 1. The Kier molecular flexibility index (Phi) is 8.41. The number of morpholine rings is 1. The Balaban J connectivity index is 0.00000243. The van der Waals surface area contributed by atoms with Gasteiger partial charge in [-0.25, -0.2) is 0 Å². The zero-order chi connectivity index (χ0) is 17.8. The monoisotopic (exact) mass is 479 g/mol. The molecule has 0 saturated carbocycles. The average molecular weight is 479 g/mol. The molecular weight excluding hydrogens is 445 g/mol. The number of halogens is 1. The number of carbonyl (C=O) groups excluding carboxylic acids is 1. The number of hydrogen-bond acceptors (Lipinski definition) is 4. The number of aliphatic imine (C=N–C) groups is 1. The van der Waals surface area contributed by atoms with Crippen LogP contribution in [0.25, 0.3) is 0 Å². The number of carbonyl (C=O) groups is 1. The third kappa shape index (κ3) is 5.45. The Morgan fingerprint density at radius 2 is 2.08 bits per heavy atom. The van der Waals surface area contributed by atoms with Crippen molar-refractivity contribution in [3.63, 3.8) is 0 Å². The number of likely N-dealkylation sites (tertiary alicyclic amines) is 1. The quantitative estimate of drug-likeness (QED) is 0.356.